The van der Waals surface area contributed by atoms with E-state index >= 15 is 0 Å². The number of hydrogen-bond donors (Lipinski definition) is 1. The quantitative estimate of drug-likeness (QED) is 0.659. The first-order valence-electron chi connectivity index (χ1n) is 8.82. The first-order valence-corrected chi connectivity index (χ1v) is 8.82. The molecule has 0 aromatic rings. The summed E-state index contributed by atoms with van der Waals surface area (Å²) in [5.41, 5.74) is 1.71. The van der Waals surface area contributed by atoms with Crippen LogP contribution in [0.25, 0.3) is 0 Å². The normalized spacial score (nSPS) is 22.7. The molecule has 0 fully saturated rings. The number of rotatable bonds is 9. The summed E-state index contributed by atoms with van der Waals surface area (Å²) in [6.45, 7) is 10.3. The first-order chi connectivity index (χ1) is 10.5. The molecule has 0 spiro atoms. The van der Waals surface area contributed by atoms with Crippen LogP contribution in [0.2, 0.25) is 0 Å². The van der Waals surface area contributed by atoms with Crippen molar-refractivity contribution in [2.75, 3.05) is 0 Å². The summed E-state index contributed by atoms with van der Waals surface area (Å²) in [6, 6.07) is 0. The zero-order valence-corrected chi connectivity index (χ0v) is 14.9. The minimum atomic E-state index is -1.64. The van der Waals surface area contributed by atoms with Gasteiger partial charge in [0.05, 0.1) is 0 Å². The summed E-state index contributed by atoms with van der Waals surface area (Å²) in [5, 5.41) is 10.7. The van der Waals surface area contributed by atoms with Gasteiger partial charge in [-0.15, -0.1) is 0 Å². The van der Waals surface area contributed by atoms with Gasteiger partial charge in [-0.2, -0.15) is 0 Å². The zero-order chi connectivity index (χ0) is 16.8. The molecule has 1 rings (SSSR count). The summed E-state index contributed by atoms with van der Waals surface area (Å²) in [6.07, 6.45) is 7.64. The molecule has 0 aliphatic carbocycles. The van der Waals surface area contributed by atoms with E-state index in [1.54, 1.807) is 0 Å². The molecule has 22 heavy (non-hydrogen) atoms. The summed E-state index contributed by atoms with van der Waals surface area (Å²) in [4.78, 5) is 12.8. The van der Waals surface area contributed by atoms with Crippen molar-refractivity contribution >= 4 is 5.78 Å². The highest BCUT2D eigenvalue weighted by atomic mass is 16.6. The Morgan fingerprint density at radius 2 is 1.91 bits per heavy atom. The third-order valence-electron chi connectivity index (χ3n) is 4.71. The molecular weight excluding hydrogens is 276 g/mol. The number of Topliss-reactive ketones (excluding diaryl/α,β-unsaturated/α-hetero) is 1. The molecule has 1 aliphatic heterocycles. The molecule has 0 aromatic heterocycles. The molecule has 1 heterocycles. The van der Waals surface area contributed by atoms with Crippen LogP contribution in [0.1, 0.15) is 79.6 Å². The fourth-order valence-electron chi connectivity index (χ4n) is 3.00. The predicted molar refractivity (Wildman–Crippen MR) is 90.3 cm³/mol. The topological polar surface area (TPSA) is 46.5 Å². The van der Waals surface area contributed by atoms with E-state index in [9.17, 15) is 9.90 Å². The van der Waals surface area contributed by atoms with Gasteiger partial charge in [-0.3, -0.25) is 4.79 Å². The van der Waals surface area contributed by atoms with Crippen LogP contribution in [-0.4, -0.2) is 16.7 Å². The van der Waals surface area contributed by atoms with E-state index in [1.165, 1.54) is 0 Å². The molecule has 1 unspecified atom stereocenters. The molecule has 0 bridgehead atoms. The second-order valence-electron chi connectivity index (χ2n) is 6.18. The van der Waals surface area contributed by atoms with Crippen molar-refractivity contribution in [2.45, 2.75) is 85.4 Å². The van der Waals surface area contributed by atoms with Gasteiger partial charge in [-0.25, -0.2) is 0 Å². The van der Waals surface area contributed by atoms with Crippen LogP contribution in [0, 0.1) is 5.92 Å². The van der Waals surface area contributed by atoms with Gasteiger partial charge in [-0.05, 0) is 37.7 Å². The smallest absolute Gasteiger partial charge is 0.272 e. The molecule has 1 N–H and O–H groups in total. The summed E-state index contributed by atoms with van der Waals surface area (Å²) in [5.74, 6) is -0.756. The van der Waals surface area contributed by atoms with Crippen molar-refractivity contribution in [2.24, 2.45) is 5.92 Å². The number of ether oxygens (including phenoxy) is 1. The highest BCUT2D eigenvalue weighted by Gasteiger charge is 2.48. The third-order valence-corrected chi connectivity index (χ3v) is 4.71. The molecule has 0 amide bonds. The van der Waals surface area contributed by atoms with Crippen LogP contribution < -0.4 is 0 Å². The highest BCUT2D eigenvalue weighted by Crippen LogP contribution is 2.40. The van der Waals surface area contributed by atoms with E-state index in [4.69, 9.17) is 4.74 Å². The lowest BCUT2D eigenvalue weighted by Gasteiger charge is -2.22. The SMILES string of the molecule is C/C=C(\CC)C1=C(CC(CC)CC)C(=O)C(O)(CCCC)O1. The number of carbonyl (C=O) groups is 1. The standard InChI is InChI=1S/C19H32O3/c1-6-11-12-19(21)18(20)16(13-14(7-2)8-3)17(22-19)15(9-4)10-5/h9,14,21H,6-8,10-13H2,1-5H3/b15-9+. The number of aliphatic hydroxyl groups is 1. The maximum atomic E-state index is 12.8. The number of hydrogen-bond acceptors (Lipinski definition) is 3. The summed E-state index contributed by atoms with van der Waals surface area (Å²) in [7, 11) is 0. The molecular formula is C19H32O3. The number of carbonyl (C=O) groups excluding carboxylic acids is 1. The van der Waals surface area contributed by atoms with Gasteiger partial charge in [0.15, 0.2) is 0 Å². The maximum Gasteiger partial charge on any atom is 0.272 e. The minimum Gasteiger partial charge on any atom is -0.454 e. The van der Waals surface area contributed by atoms with E-state index < -0.39 is 5.79 Å². The van der Waals surface area contributed by atoms with Gasteiger partial charge in [0.25, 0.3) is 5.79 Å². The molecule has 0 radical (unpaired) electrons. The monoisotopic (exact) mass is 308 g/mol. The van der Waals surface area contributed by atoms with Crippen molar-refractivity contribution in [3.05, 3.63) is 23.0 Å². The van der Waals surface area contributed by atoms with Crippen LogP contribution in [0.4, 0.5) is 0 Å². The Morgan fingerprint density at radius 1 is 1.27 bits per heavy atom. The lowest BCUT2D eigenvalue weighted by Crippen LogP contribution is -2.37. The van der Waals surface area contributed by atoms with Gasteiger partial charge in [0.2, 0.25) is 5.78 Å². The van der Waals surface area contributed by atoms with Crippen molar-refractivity contribution in [1.29, 1.82) is 0 Å². The zero-order valence-electron chi connectivity index (χ0n) is 14.9. The Balaban J connectivity index is 3.14. The Hall–Kier alpha value is -1.09. The lowest BCUT2D eigenvalue weighted by atomic mass is 9.88. The average Bonchev–Trinajstić information content (AvgIpc) is 2.77. The van der Waals surface area contributed by atoms with Crippen LogP contribution in [0.3, 0.4) is 0 Å². The van der Waals surface area contributed by atoms with Gasteiger partial charge in [-0.1, -0.05) is 53.0 Å². The summed E-state index contributed by atoms with van der Waals surface area (Å²) >= 11 is 0. The van der Waals surface area contributed by atoms with Gasteiger partial charge in [0.1, 0.15) is 5.76 Å². The molecule has 0 saturated heterocycles. The third kappa shape index (κ3) is 4.01. The van der Waals surface area contributed by atoms with Crippen LogP contribution in [0.5, 0.6) is 0 Å². The fraction of sp³-hybridized carbons (Fsp3) is 0.737. The van der Waals surface area contributed by atoms with E-state index in [1.807, 2.05) is 26.8 Å². The predicted octanol–water partition coefficient (Wildman–Crippen LogP) is 4.90. The minimum absolute atomic E-state index is 0.212. The average molecular weight is 308 g/mol. The number of allylic oxidation sites excluding steroid dienone is 2. The van der Waals surface area contributed by atoms with Gasteiger partial charge >= 0.3 is 0 Å². The molecule has 1 aliphatic rings. The van der Waals surface area contributed by atoms with Crippen molar-refractivity contribution in [3.8, 4) is 0 Å². The van der Waals surface area contributed by atoms with Crippen LogP contribution in [0.15, 0.2) is 23.0 Å². The molecule has 126 valence electrons. The molecule has 3 nitrogen and oxygen atoms in total. The van der Waals surface area contributed by atoms with Crippen molar-refractivity contribution in [3.63, 3.8) is 0 Å². The number of ketones is 1. The van der Waals surface area contributed by atoms with Crippen LogP contribution >= 0.6 is 0 Å². The van der Waals surface area contributed by atoms with Crippen molar-refractivity contribution < 1.29 is 14.6 Å². The molecule has 0 aromatic carbocycles. The van der Waals surface area contributed by atoms with E-state index in [0.29, 0.717) is 30.1 Å². The molecule has 1 atom stereocenters. The largest absolute Gasteiger partial charge is 0.454 e. The van der Waals surface area contributed by atoms with Crippen LogP contribution in [-0.2, 0) is 9.53 Å². The van der Waals surface area contributed by atoms with Gasteiger partial charge in [0, 0.05) is 12.0 Å². The molecule has 3 heteroatoms. The first kappa shape index (κ1) is 19.0. The maximum absolute atomic E-state index is 12.8. The lowest BCUT2D eigenvalue weighted by molar-refractivity contribution is -0.179. The fourth-order valence-corrected chi connectivity index (χ4v) is 3.00. The van der Waals surface area contributed by atoms with E-state index in [0.717, 1.165) is 37.7 Å². The van der Waals surface area contributed by atoms with Gasteiger partial charge < -0.3 is 9.84 Å². The second kappa shape index (κ2) is 8.52. The Morgan fingerprint density at radius 3 is 2.36 bits per heavy atom. The Labute approximate surface area is 135 Å². The van der Waals surface area contributed by atoms with E-state index in [2.05, 4.69) is 13.8 Å². The number of unbranched alkanes of at least 4 members (excludes halogenated alkanes) is 1. The van der Waals surface area contributed by atoms with Crippen molar-refractivity contribution in [1.82, 2.24) is 0 Å². The Kier molecular flexibility index (Phi) is 7.34. The second-order valence-corrected chi connectivity index (χ2v) is 6.18. The molecule has 0 saturated carbocycles. The highest BCUT2D eigenvalue weighted by molar-refractivity contribution is 6.03. The summed E-state index contributed by atoms with van der Waals surface area (Å²) < 4.78 is 5.83. The Bertz CT molecular complexity index is 444. The van der Waals surface area contributed by atoms with E-state index in [-0.39, 0.29) is 5.78 Å².